The molecular formula is C15H14ClN3O. The van der Waals surface area contributed by atoms with Gasteiger partial charge in [-0.2, -0.15) is 0 Å². The van der Waals surface area contributed by atoms with Crippen molar-refractivity contribution in [1.29, 1.82) is 0 Å². The maximum absolute atomic E-state index is 12.5. The first kappa shape index (κ1) is 13.1. The van der Waals surface area contributed by atoms with Gasteiger partial charge in [-0.15, -0.1) is 0 Å². The van der Waals surface area contributed by atoms with Crippen molar-refractivity contribution in [2.75, 3.05) is 6.54 Å². The van der Waals surface area contributed by atoms with Crippen molar-refractivity contribution in [3.05, 3.63) is 58.1 Å². The van der Waals surface area contributed by atoms with Gasteiger partial charge in [0.05, 0.1) is 11.3 Å². The second kappa shape index (κ2) is 5.21. The van der Waals surface area contributed by atoms with Gasteiger partial charge in [0.2, 0.25) is 0 Å². The lowest BCUT2D eigenvalue weighted by Crippen LogP contribution is -2.37. The summed E-state index contributed by atoms with van der Waals surface area (Å²) in [5.41, 5.74) is 3.39. The average molecular weight is 288 g/mol. The molecule has 3 rings (SSSR count). The molecule has 4 nitrogen and oxygen atoms in total. The highest BCUT2D eigenvalue weighted by molar-refractivity contribution is 6.30. The summed E-state index contributed by atoms with van der Waals surface area (Å²) in [5.74, 6) is 0.0235. The molecule has 2 aromatic heterocycles. The summed E-state index contributed by atoms with van der Waals surface area (Å²) in [6, 6.07) is 5.69. The fourth-order valence-electron chi connectivity index (χ4n) is 2.37. The average Bonchev–Trinajstić information content (AvgIpc) is 2.46. The molecule has 1 aliphatic rings. The summed E-state index contributed by atoms with van der Waals surface area (Å²) in [6.45, 7) is 3.13. The summed E-state index contributed by atoms with van der Waals surface area (Å²) in [7, 11) is 0. The van der Waals surface area contributed by atoms with Crippen molar-refractivity contribution < 1.29 is 4.79 Å². The molecule has 0 saturated carbocycles. The molecular weight excluding hydrogens is 274 g/mol. The fraction of sp³-hybridized carbons (Fsp3) is 0.267. The third-order valence-electron chi connectivity index (χ3n) is 3.49. The van der Waals surface area contributed by atoms with Crippen LogP contribution < -0.4 is 0 Å². The number of pyridine rings is 2. The van der Waals surface area contributed by atoms with Crippen LogP contribution in [-0.4, -0.2) is 27.3 Å². The zero-order valence-corrected chi connectivity index (χ0v) is 11.9. The molecule has 1 aliphatic heterocycles. The van der Waals surface area contributed by atoms with E-state index in [9.17, 15) is 4.79 Å². The van der Waals surface area contributed by atoms with Crippen LogP contribution in [0.4, 0.5) is 0 Å². The van der Waals surface area contributed by atoms with E-state index in [1.165, 1.54) is 0 Å². The van der Waals surface area contributed by atoms with Crippen LogP contribution in [0.5, 0.6) is 0 Å². The van der Waals surface area contributed by atoms with Crippen LogP contribution in [0.25, 0.3) is 0 Å². The lowest BCUT2D eigenvalue weighted by atomic mass is 10.0. The van der Waals surface area contributed by atoms with Crippen LogP contribution in [0.15, 0.2) is 30.6 Å². The molecule has 0 fully saturated rings. The van der Waals surface area contributed by atoms with E-state index in [0.29, 0.717) is 23.8 Å². The van der Waals surface area contributed by atoms with Crippen LogP contribution in [0, 0.1) is 6.92 Å². The number of aryl methyl sites for hydroxylation is 1. The highest BCUT2D eigenvalue weighted by atomic mass is 35.5. The van der Waals surface area contributed by atoms with Gasteiger partial charge in [-0.25, -0.2) is 4.98 Å². The number of aromatic nitrogens is 2. The van der Waals surface area contributed by atoms with E-state index in [1.807, 2.05) is 30.0 Å². The smallest absolute Gasteiger partial charge is 0.256 e. The van der Waals surface area contributed by atoms with Crippen LogP contribution in [-0.2, 0) is 13.0 Å². The molecule has 0 bridgehead atoms. The number of nitrogens with zero attached hydrogens (tertiary/aromatic N) is 3. The summed E-state index contributed by atoms with van der Waals surface area (Å²) >= 11 is 6.02. The topological polar surface area (TPSA) is 46.1 Å². The molecule has 0 aromatic carbocycles. The van der Waals surface area contributed by atoms with E-state index >= 15 is 0 Å². The molecule has 20 heavy (non-hydrogen) atoms. The Morgan fingerprint density at radius 1 is 1.35 bits per heavy atom. The third-order valence-corrected chi connectivity index (χ3v) is 3.87. The van der Waals surface area contributed by atoms with Crippen LogP contribution in [0.3, 0.4) is 0 Å². The number of rotatable bonds is 2. The summed E-state index contributed by atoms with van der Waals surface area (Å²) in [5, 5.41) is 0.485. The second-order valence-corrected chi connectivity index (χ2v) is 5.28. The predicted octanol–water partition coefficient (Wildman–Crippen LogP) is 2.64. The molecule has 3 heterocycles. The standard InChI is InChI=1S/C15H14ClN3O/c1-10-8-12-13(18-14(10)16)4-7-19(15(12)20)9-11-2-5-17-6-3-11/h2-3,5-6,8H,4,7,9H2,1H3. The molecule has 0 aliphatic carbocycles. The Labute approximate surface area is 122 Å². The quantitative estimate of drug-likeness (QED) is 0.798. The van der Waals surface area contributed by atoms with Gasteiger partial charge in [-0.1, -0.05) is 11.6 Å². The number of amides is 1. The third kappa shape index (κ3) is 2.39. The number of hydrogen-bond acceptors (Lipinski definition) is 3. The summed E-state index contributed by atoms with van der Waals surface area (Å²) in [4.78, 5) is 22.7. The van der Waals surface area contributed by atoms with E-state index in [1.54, 1.807) is 12.4 Å². The minimum atomic E-state index is 0.0235. The Morgan fingerprint density at radius 3 is 2.85 bits per heavy atom. The first-order valence-corrected chi connectivity index (χ1v) is 6.87. The van der Waals surface area contributed by atoms with Gasteiger partial charge < -0.3 is 4.90 Å². The van der Waals surface area contributed by atoms with Gasteiger partial charge in [-0.05, 0) is 36.2 Å². The number of hydrogen-bond donors (Lipinski definition) is 0. The molecule has 102 valence electrons. The molecule has 0 radical (unpaired) electrons. The van der Waals surface area contributed by atoms with E-state index in [0.717, 1.165) is 23.2 Å². The number of carbonyl (C=O) groups is 1. The molecule has 0 spiro atoms. The number of halogens is 1. The molecule has 5 heteroatoms. The maximum Gasteiger partial charge on any atom is 0.256 e. The van der Waals surface area contributed by atoms with E-state index in [-0.39, 0.29) is 5.91 Å². The number of carbonyl (C=O) groups excluding carboxylic acids is 1. The number of fused-ring (bicyclic) bond motifs is 1. The molecule has 0 N–H and O–H groups in total. The van der Waals surface area contributed by atoms with Crippen LogP contribution in [0.1, 0.15) is 27.2 Å². The molecule has 0 unspecified atom stereocenters. The normalized spacial score (nSPS) is 14.3. The monoisotopic (exact) mass is 287 g/mol. The van der Waals surface area contributed by atoms with Crippen molar-refractivity contribution in [2.45, 2.75) is 19.9 Å². The second-order valence-electron chi connectivity index (χ2n) is 4.92. The van der Waals surface area contributed by atoms with Crippen molar-refractivity contribution in [3.8, 4) is 0 Å². The van der Waals surface area contributed by atoms with E-state index in [2.05, 4.69) is 9.97 Å². The molecule has 0 saturated heterocycles. The minimum Gasteiger partial charge on any atom is -0.334 e. The van der Waals surface area contributed by atoms with Gasteiger partial charge in [-0.3, -0.25) is 9.78 Å². The van der Waals surface area contributed by atoms with Crippen molar-refractivity contribution in [2.24, 2.45) is 0 Å². The summed E-state index contributed by atoms with van der Waals surface area (Å²) < 4.78 is 0. The Bertz CT molecular complexity index is 658. The van der Waals surface area contributed by atoms with Gasteiger partial charge in [0.1, 0.15) is 5.15 Å². The lowest BCUT2D eigenvalue weighted by Gasteiger charge is -2.28. The molecule has 0 atom stereocenters. The Balaban J connectivity index is 1.87. The Morgan fingerprint density at radius 2 is 2.10 bits per heavy atom. The molecule has 2 aromatic rings. The minimum absolute atomic E-state index is 0.0235. The van der Waals surface area contributed by atoms with Gasteiger partial charge in [0.25, 0.3) is 5.91 Å². The van der Waals surface area contributed by atoms with Crippen LogP contribution >= 0.6 is 11.6 Å². The van der Waals surface area contributed by atoms with Crippen molar-refractivity contribution in [3.63, 3.8) is 0 Å². The SMILES string of the molecule is Cc1cc2c(nc1Cl)CCN(Cc1ccncc1)C2=O. The van der Waals surface area contributed by atoms with Gasteiger partial charge >= 0.3 is 0 Å². The van der Waals surface area contributed by atoms with E-state index < -0.39 is 0 Å². The largest absolute Gasteiger partial charge is 0.334 e. The molecule has 1 amide bonds. The zero-order valence-electron chi connectivity index (χ0n) is 11.1. The highest BCUT2D eigenvalue weighted by Gasteiger charge is 2.26. The summed E-state index contributed by atoms with van der Waals surface area (Å²) in [6.07, 6.45) is 4.22. The lowest BCUT2D eigenvalue weighted by molar-refractivity contribution is 0.0725. The predicted molar refractivity (Wildman–Crippen MR) is 76.7 cm³/mol. The van der Waals surface area contributed by atoms with Gasteiger partial charge in [0.15, 0.2) is 0 Å². The van der Waals surface area contributed by atoms with Crippen molar-refractivity contribution >= 4 is 17.5 Å². The van der Waals surface area contributed by atoms with E-state index in [4.69, 9.17) is 11.6 Å². The maximum atomic E-state index is 12.5. The first-order chi connectivity index (χ1) is 9.65. The van der Waals surface area contributed by atoms with Gasteiger partial charge in [0, 0.05) is 31.9 Å². The van der Waals surface area contributed by atoms with Crippen molar-refractivity contribution in [1.82, 2.24) is 14.9 Å². The zero-order chi connectivity index (χ0) is 14.1. The Kier molecular flexibility index (Phi) is 3.40. The Hall–Kier alpha value is -1.94. The van der Waals surface area contributed by atoms with Crippen LogP contribution in [0.2, 0.25) is 5.15 Å². The highest BCUT2D eigenvalue weighted by Crippen LogP contribution is 2.23. The first-order valence-electron chi connectivity index (χ1n) is 6.49. The fourth-order valence-corrected chi connectivity index (χ4v) is 2.53.